The molecule has 5 nitrogen and oxygen atoms in total. The Kier molecular flexibility index (Phi) is 3.94. The number of rotatable bonds is 1. The Bertz CT molecular complexity index is 836. The van der Waals surface area contributed by atoms with Crippen molar-refractivity contribution in [2.24, 2.45) is 0 Å². The van der Waals surface area contributed by atoms with E-state index < -0.39 is 5.54 Å². The number of carbonyl (C=O) groups excluding carboxylic acids is 1. The Labute approximate surface area is 139 Å². The number of nitrogens with zero attached hydrogens (tertiary/aromatic N) is 3. The van der Waals surface area contributed by atoms with Crippen LogP contribution in [0, 0.1) is 17.7 Å². The van der Waals surface area contributed by atoms with E-state index in [0.29, 0.717) is 17.0 Å². The standard InChI is InChI=1S/C18H17FN4O/c1-18(2)16(22-17(24)23(18)3)15-11-20-14(10-21-15)8-7-12-5-4-6-13(19)9-12/h4-6,9-11,16H,1-3H3,(H,22,24). The fraction of sp³-hybridized carbons (Fsp3) is 0.278. The summed E-state index contributed by atoms with van der Waals surface area (Å²) < 4.78 is 13.1. The fourth-order valence-corrected chi connectivity index (χ4v) is 2.54. The van der Waals surface area contributed by atoms with Crippen LogP contribution in [0.15, 0.2) is 36.7 Å². The maximum Gasteiger partial charge on any atom is 0.318 e. The third-order valence-corrected chi connectivity index (χ3v) is 4.27. The summed E-state index contributed by atoms with van der Waals surface area (Å²) in [7, 11) is 1.75. The molecule has 2 heterocycles. The summed E-state index contributed by atoms with van der Waals surface area (Å²) in [4.78, 5) is 22.1. The molecular weight excluding hydrogens is 307 g/mol. The molecule has 1 fully saturated rings. The highest BCUT2D eigenvalue weighted by molar-refractivity contribution is 5.78. The maximum absolute atomic E-state index is 13.1. The lowest BCUT2D eigenvalue weighted by Crippen LogP contribution is -2.40. The van der Waals surface area contributed by atoms with Gasteiger partial charge in [-0.2, -0.15) is 0 Å². The van der Waals surface area contributed by atoms with Crippen LogP contribution in [-0.4, -0.2) is 33.5 Å². The second-order valence-electron chi connectivity index (χ2n) is 6.18. The molecule has 1 atom stereocenters. The summed E-state index contributed by atoms with van der Waals surface area (Å²) >= 11 is 0. The van der Waals surface area contributed by atoms with E-state index in [9.17, 15) is 9.18 Å². The molecule has 24 heavy (non-hydrogen) atoms. The summed E-state index contributed by atoms with van der Waals surface area (Å²) in [6, 6.07) is 5.68. The molecule has 1 aliphatic rings. The summed E-state index contributed by atoms with van der Waals surface area (Å²) in [6.07, 6.45) is 3.17. The van der Waals surface area contributed by atoms with Crippen LogP contribution in [0.25, 0.3) is 0 Å². The lowest BCUT2D eigenvalue weighted by atomic mass is 9.93. The molecule has 0 saturated carbocycles. The molecule has 3 rings (SSSR count). The maximum atomic E-state index is 13.1. The van der Waals surface area contributed by atoms with Crippen molar-refractivity contribution in [1.82, 2.24) is 20.2 Å². The molecule has 1 aromatic heterocycles. The predicted molar refractivity (Wildman–Crippen MR) is 87.5 cm³/mol. The van der Waals surface area contributed by atoms with Crippen LogP contribution >= 0.6 is 0 Å². The third kappa shape index (κ3) is 2.93. The lowest BCUT2D eigenvalue weighted by Gasteiger charge is -2.30. The zero-order valence-electron chi connectivity index (χ0n) is 13.7. The number of urea groups is 1. The molecule has 1 aliphatic heterocycles. The van der Waals surface area contributed by atoms with Gasteiger partial charge in [0, 0.05) is 12.6 Å². The number of likely N-dealkylation sites (N-methyl/N-ethyl adjacent to an activating group) is 1. The number of carbonyl (C=O) groups is 1. The fourth-order valence-electron chi connectivity index (χ4n) is 2.54. The van der Waals surface area contributed by atoms with Gasteiger partial charge in [-0.1, -0.05) is 12.0 Å². The van der Waals surface area contributed by atoms with Crippen molar-refractivity contribution in [3.8, 4) is 11.8 Å². The van der Waals surface area contributed by atoms with Crippen LogP contribution in [-0.2, 0) is 0 Å². The van der Waals surface area contributed by atoms with Crippen molar-refractivity contribution < 1.29 is 9.18 Å². The number of hydrogen-bond acceptors (Lipinski definition) is 3. The number of nitrogens with one attached hydrogen (secondary N) is 1. The van der Waals surface area contributed by atoms with E-state index in [0.717, 1.165) is 0 Å². The number of halogens is 1. The smallest absolute Gasteiger partial charge is 0.318 e. The van der Waals surface area contributed by atoms with Crippen molar-refractivity contribution in [2.45, 2.75) is 25.4 Å². The van der Waals surface area contributed by atoms with Gasteiger partial charge >= 0.3 is 6.03 Å². The van der Waals surface area contributed by atoms with Gasteiger partial charge in [0.15, 0.2) is 0 Å². The van der Waals surface area contributed by atoms with E-state index in [1.807, 2.05) is 13.8 Å². The van der Waals surface area contributed by atoms with Gasteiger partial charge in [-0.15, -0.1) is 0 Å². The Morgan fingerprint density at radius 2 is 2.04 bits per heavy atom. The molecule has 6 heteroatoms. The van der Waals surface area contributed by atoms with E-state index in [4.69, 9.17) is 0 Å². The van der Waals surface area contributed by atoms with Gasteiger partial charge in [0.05, 0.1) is 29.7 Å². The molecule has 1 saturated heterocycles. The number of amides is 2. The van der Waals surface area contributed by atoms with Crippen molar-refractivity contribution in [3.63, 3.8) is 0 Å². The van der Waals surface area contributed by atoms with E-state index in [2.05, 4.69) is 27.1 Å². The number of aromatic nitrogens is 2. The average Bonchev–Trinajstić information content (AvgIpc) is 2.77. The summed E-state index contributed by atoms with van der Waals surface area (Å²) in [5.74, 6) is 5.38. The van der Waals surface area contributed by atoms with Crippen molar-refractivity contribution >= 4 is 6.03 Å². The molecule has 2 amide bonds. The topological polar surface area (TPSA) is 58.1 Å². The van der Waals surface area contributed by atoms with Crippen LogP contribution in [0.2, 0.25) is 0 Å². The van der Waals surface area contributed by atoms with Crippen LogP contribution in [0.3, 0.4) is 0 Å². The van der Waals surface area contributed by atoms with Crippen LogP contribution < -0.4 is 5.32 Å². The molecule has 1 N–H and O–H groups in total. The van der Waals surface area contributed by atoms with Gasteiger partial charge in [-0.3, -0.25) is 4.98 Å². The van der Waals surface area contributed by atoms with E-state index >= 15 is 0 Å². The van der Waals surface area contributed by atoms with Gasteiger partial charge in [0.1, 0.15) is 11.5 Å². The van der Waals surface area contributed by atoms with Crippen molar-refractivity contribution in [1.29, 1.82) is 0 Å². The average molecular weight is 324 g/mol. The Balaban J connectivity index is 1.81. The Morgan fingerprint density at radius 1 is 1.25 bits per heavy atom. The highest BCUT2D eigenvalue weighted by Gasteiger charge is 2.45. The first-order chi connectivity index (χ1) is 11.4. The summed E-state index contributed by atoms with van der Waals surface area (Å²) in [5.41, 5.74) is 1.33. The molecular formula is C18H17FN4O. The van der Waals surface area contributed by atoms with Gasteiger partial charge in [0.25, 0.3) is 0 Å². The first-order valence-electron chi connectivity index (χ1n) is 7.52. The zero-order chi connectivity index (χ0) is 17.3. The lowest BCUT2D eigenvalue weighted by molar-refractivity contribution is 0.187. The second-order valence-corrected chi connectivity index (χ2v) is 6.18. The van der Waals surface area contributed by atoms with Crippen LogP contribution in [0.4, 0.5) is 9.18 Å². The first kappa shape index (κ1) is 15.9. The molecule has 1 unspecified atom stereocenters. The highest BCUT2D eigenvalue weighted by atomic mass is 19.1. The Hall–Kier alpha value is -2.94. The summed E-state index contributed by atoms with van der Waals surface area (Å²) in [6.45, 7) is 3.93. The summed E-state index contributed by atoms with van der Waals surface area (Å²) in [5, 5.41) is 2.90. The molecule has 0 bridgehead atoms. The zero-order valence-corrected chi connectivity index (χ0v) is 13.7. The quantitative estimate of drug-likeness (QED) is 0.820. The minimum Gasteiger partial charge on any atom is -0.327 e. The molecule has 0 radical (unpaired) electrons. The van der Waals surface area contributed by atoms with E-state index in [1.54, 1.807) is 36.5 Å². The van der Waals surface area contributed by atoms with Gasteiger partial charge in [-0.25, -0.2) is 14.2 Å². The SMILES string of the molecule is CN1C(=O)NC(c2cnc(C#Cc3cccc(F)c3)cn2)C1(C)C. The first-order valence-corrected chi connectivity index (χ1v) is 7.52. The van der Waals surface area contributed by atoms with Crippen molar-refractivity contribution in [2.75, 3.05) is 7.05 Å². The monoisotopic (exact) mass is 324 g/mol. The molecule has 0 spiro atoms. The molecule has 2 aromatic rings. The molecule has 1 aromatic carbocycles. The number of benzene rings is 1. The minimum absolute atomic E-state index is 0.137. The predicted octanol–water partition coefficient (Wildman–Crippen LogP) is 2.49. The van der Waals surface area contributed by atoms with Gasteiger partial charge in [0.2, 0.25) is 0 Å². The van der Waals surface area contributed by atoms with Crippen LogP contribution in [0.5, 0.6) is 0 Å². The van der Waals surface area contributed by atoms with Gasteiger partial charge < -0.3 is 10.2 Å². The second kappa shape index (κ2) is 5.93. The van der Waals surface area contributed by atoms with Crippen molar-refractivity contribution in [3.05, 3.63) is 59.4 Å². The number of hydrogen-bond donors (Lipinski definition) is 1. The van der Waals surface area contributed by atoms with E-state index in [-0.39, 0.29) is 17.9 Å². The normalized spacial score (nSPS) is 18.8. The highest BCUT2D eigenvalue weighted by Crippen LogP contribution is 2.33. The molecule has 122 valence electrons. The third-order valence-electron chi connectivity index (χ3n) is 4.27. The largest absolute Gasteiger partial charge is 0.327 e. The van der Waals surface area contributed by atoms with E-state index in [1.165, 1.54) is 12.1 Å². The van der Waals surface area contributed by atoms with Gasteiger partial charge in [-0.05, 0) is 38.0 Å². The minimum atomic E-state index is -0.402. The molecule has 0 aliphatic carbocycles. The Morgan fingerprint density at radius 3 is 2.62 bits per heavy atom. The van der Waals surface area contributed by atoms with Crippen LogP contribution in [0.1, 0.15) is 36.8 Å².